The third-order valence-corrected chi connectivity index (χ3v) is 9.41. The maximum absolute atomic E-state index is 6.30. The fourth-order valence-electron chi connectivity index (χ4n) is 6.06. The van der Waals surface area contributed by atoms with E-state index in [1.807, 2.05) is 42.5 Å². The number of aromatic nitrogens is 3. The number of fused-ring (bicyclic) bond motifs is 4. The van der Waals surface area contributed by atoms with E-state index >= 15 is 0 Å². The predicted molar refractivity (Wildman–Crippen MR) is 190 cm³/mol. The van der Waals surface area contributed by atoms with Crippen molar-refractivity contribution in [3.8, 4) is 55.5 Å². The van der Waals surface area contributed by atoms with Crippen LogP contribution in [-0.4, -0.2) is 15.0 Å². The van der Waals surface area contributed by atoms with E-state index in [2.05, 4.69) is 109 Å². The normalized spacial score (nSPS) is 11.5. The van der Waals surface area contributed by atoms with Crippen molar-refractivity contribution in [1.82, 2.24) is 15.0 Å². The molecular formula is C41H25N3OS. The lowest BCUT2D eigenvalue weighted by Gasteiger charge is -2.10. The van der Waals surface area contributed by atoms with Crippen molar-refractivity contribution in [1.29, 1.82) is 0 Å². The number of hydrogen-bond acceptors (Lipinski definition) is 5. The van der Waals surface area contributed by atoms with Gasteiger partial charge in [0.05, 0.1) is 10.2 Å². The Kier molecular flexibility index (Phi) is 6.28. The van der Waals surface area contributed by atoms with Crippen molar-refractivity contribution in [2.75, 3.05) is 0 Å². The van der Waals surface area contributed by atoms with Crippen LogP contribution in [0.15, 0.2) is 156 Å². The Bertz CT molecular complexity index is 2520. The fourth-order valence-corrected chi connectivity index (χ4v) is 7.02. The molecule has 0 amide bonds. The van der Waals surface area contributed by atoms with Gasteiger partial charge in [-0.2, -0.15) is 0 Å². The maximum Gasteiger partial charge on any atom is 0.180 e. The molecule has 0 spiro atoms. The van der Waals surface area contributed by atoms with Crippen molar-refractivity contribution in [3.05, 3.63) is 152 Å². The summed E-state index contributed by atoms with van der Waals surface area (Å²) < 4.78 is 7.50. The van der Waals surface area contributed by atoms with Crippen molar-refractivity contribution in [2.45, 2.75) is 0 Å². The highest BCUT2D eigenvalue weighted by Gasteiger charge is 2.18. The van der Waals surface area contributed by atoms with Crippen LogP contribution in [0.25, 0.3) is 87.8 Å². The summed E-state index contributed by atoms with van der Waals surface area (Å²) >= 11 is 1.73. The van der Waals surface area contributed by atoms with E-state index < -0.39 is 0 Å². The van der Waals surface area contributed by atoms with E-state index in [1.54, 1.807) is 11.3 Å². The minimum Gasteiger partial charge on any atom is -0.452 e. The lowest BCUT2D eigenvalue weighted by Crippen LogP contribution is -1.94. The standard InChI is InChI=1S/C41H25N3OS/c1-2-11-26(12-3-1)37-39-38(33-19-4-6-21-35(33)45-39)44-40(43-37)31-17-9-15-29(24-31)27-13-8-14-28(23-27)30-16-10-18-32(25-30)41-42-34-20-5-7-22-36(34)46-41/h1-25H. The lowest BCUT2D eigenvalue weighted by atomic mass is 9.97. The highest BCUT2D eigenvalue weighted by atomic mass is 32.1. The molecule has 216 valence electrons. The molecule has 5 heteroatoms. The second kappa shape index (κ2) is 10.9. The molecule has 0 aliphatic carbocycles. The van der Waals surface area contributed by atoms with Crippen molar-refractivity contribution in [3.63, 3.8) is 0 Å². The molecule has 0 aliphatic heterocycles. The van der Waals surface area contributed by atoms with Gasteiger partial charge in [-0.3, -0.25) is 0 Å². The second-order valence-corrected chi connectivity index (χ2v) is 12.3. The zero-order valence-electron chi connectivity index (χ0n) is 24.6. The predicted octanol–water partition coefficient (Wildman–Crippen LogP) is 11.3. The van der Waals surface area contributed by atoms with Crippen LogP contribution < -0.4 is 0 Å². The smallest absolute Gasteiger partial charge is 0.180 e. The first-order chi connectivity index (χ1) is 22.8. The lowest BCUT2D eigenvalue weighted by molar-refractivity contribution is 0.667. The number of nitrogens with zero attached hydrogens (tertiary/aromatic N) is 3. The second-order valence-electron chi connectivity index (χ2n) is 11.3. The monoisotopic (exact) mass is 607 g/mol. The van der Waals surface area contributed by atoms with E-state index in [4.69, 9.17) is 19.4 Å². The highest BCUT2D eigenvalue weighted by molar-refractivity contribution is 7.21. The molecular weight excluding hydrogens is 583 g/mol. The molecule has 0 atom stereocenters. The van der Waals surface area contributed by atoms with E-state index in [-0.39, 0.29) is 0 Å². The number of hydrogen-bond donors (Lipinski definition) is 0. The summed E-state index contributed by atoms with van der Waals surface area (Å²) in [5, 5.41) is 2.01. The summed E-state index contributed by atoms with van der Waals surface area (Å²) in [4.78, 5) is 15.0. The van der Waals surface area contributed by atoms with E-state index in [1.165, 1.54) is 4.70 Å². The molecule has 9 aromatic rings. The van der Waals surface area contributed by atoms with Crippen molar-refractivity contribution >= 4 is 43.6 Å². The summed E-state index contributed by atoms with van der Waals surface area (Å²) in [6, 6.07) is 52.3. The molecule has 46 heavy (non-hydrogen) atoms. The van der Waals surface area contributed by atoms with Crippen LogP contribution in [0.4, 0.5) is 0 Å². The van der Waals surface area contributed by atoms with E-state index in [0.29, 0.717) is 11.4 Å². The molecule has 0 unspecified atom stereocenters. The number of furan rings is 1. The topological polar surface area (TPSA) is 51.8 Å². The molecule has 0 N–H and O–H groups in total. The van der Waals surface area contributed by atoms with Gasteiger partial charge < -0.3 is 4.42 Å². The van der Waals surface area contributed by atoms with Crippen LogP contribution >= 0.6 is 11.3 Å². The fraction of sp³-hybridized carbons (Fsp3) is 0. The Labute approximate surface area is 269 Å². The van der Waals surface area contributed by atoms with Gasteiger partial charge >= 0.3 is 0 Å². The molecule has 9 rings (SSSR count). The first kappa shape index (κ1) is 26.5. The largest absolute Gasteiger partial charge is 0.452 e. The van der Waals surface area contributed by atoms with Crippen LogP contribution in [0.5, 0.6) is 0 Å². The highest BCUT2D eigenvalue weighted by Crippen LogP contribution is 2.37. The Hall–Kier alpha value is -5.91. The average Bonchev–Trinajstić information content (AvgIpc) is 3.74. The van der Waals surface area contributed by atoms with Crippen molar-refractivity contribution < 1.29 is 4.42 Å². The first-order valence-corrected chi connectivity index (χ1v) is 16.0. The summed E-state index contributed by atoms with van der Waals surface area (Å²) in [6.45, 7) is 0. The molecule has 4 nitrogen and oxygen atoms in total. The zero-order chi connectivity index (χ0) is 30.5. The van der Waals surface area contributed by atoms with Crippen LogP contribution in [0.1, 0.15) is 0 Å². The van der Waals surface area contributed by atoms with Crippen LogP contribution in [-0.2, 0) is 0 Å². The SMILES string of the molecule is c1ccc(-c2nc(-c3cccc(-c4cccc(-c5cccc(-c6nc7ccccc7s6)c5)c4)c3)nc3c2oc2ccccc23)cc1. The van der Waals surface area contributed by atoms with E-state index in [0.717, 1.165) is 71.6 Å². The van der Waals surface area contributed by atoms with Crippen molar-refractivity contribution in [2.24, 2.45) is 0 Å². The van der Waals surface area contributed by atoms with Gasteiger partial charge in [0, 0.05) is 22.1 Å². The average molecular weight is 608 g/mol. The Morgan fingerprint density at radius 2 is 1.04 bits per heavy atom. The Balaban J connectivity index is 1.12. The third kappa shape index (κ3) is 4.66. The summed E-state index contributed by atoms with van der Waals surface area (Å²) in [7, 11) is 0. The van der Waals surface area contributed by atoms with Crippen LogP contribution in [0.3, 0.4) is 0 Å². The summed E-state index contributed by atoms with van der Waals surface area (Å²) in [5.41, 5.74) is 11.8. The number of benzene rings is 6. The van der Waals surface area contributed by atoms with Crippen LogP contribution in [0.2, 0.25) is 0 Å². The molecule has 3 aromatic heterocycles. The van der Waals surface area contributed by atoms with Gasteiger partial charge in [0.1, 0.15) is 21.8 Å². The van der Waals surface area contributed by atoms with Gasteiger partial charge in [-0.25, -0.2) is 15.0 Å². The molecule has 0 saturated carbocycles. The van der Waals surface area contributed by atoms with Gasteiger partial charge in [0.15, 0.2) is 11.4 Å². The van der Waals surface area contributed by atoms with Crippen LogP contribution in [0, 0.1) is 0 Å². The quantitative estimate of drug-likeness (QED) is 0.195. The Morgan fingerprint density at radius 1 is 0.457 bits per heavy atom. The molecule has 6 aromatic carbocycles. The molecule has 0 saturated heterocycles. The number of thiazole rings is 1. The van der Waals surface area contributed by atoms with E-state index in [9.17, 15) is 0 Å². The van der Waals surface area contributed by atoms with Gasteiger partial charge in [0.25, 0.3) is 0 Å². The Morgan fingerprint density at radius 3 is 1.80 bits per heavy atom. The molecule has 3 heterocycles. The minimum absolute atomic E-state index is 0.666. The number of para-hydroxylation sites is 2. The minimum atomic E-state index is 0.666. The van der Waals surface area contributed by atoms with Gasteiger partial charge in [-0.1, -0.05) is 109 Å². The maximum atomic E-state index is 6.30. The molecule has 0 fully saturated rings. The first-order valence-electron chi connectivity index (χ1n) is 15.2. The third-order valence-electron chi connectivity index (χ3n) is 8.32. The summed E-state index contributed by atoms with van der Waals surface area (Å²) in [5.74, 6) is 0.666. The van der Waals surface area contributed by atoms with Gasteiger partial charge in [-0.05, 0) is 64.7 Å². The number of rotatable bonds is 5. The summed E-state index contributed by atoms with van der Waals surface area (Å²) in [6.07, 6.45) is 0. The molecule has 0 radical (unpaired) electrons. The molecule has 0 bridgehead atoms. The van der Waals surface area contributed by atoms with Gasteiger partial charge in [-0.15, -0.1) is 11.3 Å². The van der Waals surface area contributed by atoms with Gasteiger partial charge in [0.2, 0.25) is 0 Å². The molecule has 0 aliphatic rings. The zero-order valence-corrected chi connectivity index (χ0v) is 25.4.